The van der Waals surface area contributed by atoms with E-state index in [0.29, 0.717) is 26.6 Å². The average molecular weight is 546 g/mol. The van der Waals surface area contributed by atoms with Gasteiger partial charge in [-0.2, -0.15) is 18.4 Å². The molecule has 10 heteroatoms. The Balaban J connectivity index is 2.71. The van der Waals surface area contributed by atoms with Gasteiger partial charge in [-0.25, -0.2) is 0 Å². The highest BCUT2D eigenvalue weighted by atomic mass is 79.9. The summed E-state index contributed by atoms with van der Waals surface area (Å²) < 4.78 is 26.3. The zero-order chi connectivity index (χ0) is 21.3. The van der Waals surface area contributed by atoms with Crippen LogP contribution < -0.4 is 4.83 Å². The standard InChI is InChI=1S/C18H23BrCl2N2O2S3/c1-12(2)15(19)9-10-16(20)17(21)11-27-18(26-4)22-23-28(24,25)14-7-5-13(3)6-8-14/h5-8,23H,9-11H2,1-4H3/b17-16+,22-18+. The number of nitrogens with one attached hydrogen (secondary N) is 1. The Morgan fingerprint density at radius 2 is 1.75 bits per heavy atom. The van der Waals surface area contributed by atoms with Gasteiger partial charge in [0.15, 0.2) is 4.38 Å². The highest BCUT2D eigenvalue weighted by molar-refractivity contribution is 9.11. The molecule has 1 rings (SSSR count). The zero-order valence-corrected chi connectivity index (χ0v) is 21.6. The van der Waals surface area contributed by atoms with E-state index in [1.807, 2.05) is 27.0 Å². The fourth-order valence-electron chi connectivity index (χ4n) is 1.81. The van der Waals surface area contributed by atoms with Crippen LogP contribution in [0.25, 0.3) is 0 Å². The second-order valence-electron chi connectivity index (χ2n) is 5.99. The lowest BCUT2D eigenvalue weighted by molar-refractivity contribution is 0.584. The minimum Gasteiger partial charge on any atom is -0.200 e. The van der Waals surface area contributed by atoms with Gasteiger partial charge in [-0.05, 0) is 56.5 Å². The summed E-state index contributed by atoms with van der Waals surface area (Å²) in [7, 11) is -3.71. The van der Waals surface area contributed by atoms with E-state index in [9.17, 15) is 8.42 Å². The maximum Gasteiger partial charge on any atom is 0.276 e. The summed E-state index contributed by atoms with van der Waals surface area (Å²) >= 11 is 18.7. The molecule has 0 heterocycles. The monoisotopic (exact) mass is 544 g/mol. The number of halogens is 3. The smallest absolute Gasteiger partial charge is 0.200 e. The van der Waals surface area contributed by atoms with Crippen molar-refractivity contribution in [3.8, 4) is 0 Å². The van der Waals surface area contributed by atoms with E-state index >= 15 is 0 Å². The minimum absolute atomic E-state index is 0.165. The number of allylic oxidation sites excluding steroid dienone is 3. The zero-order valence-electron chi connectivity index (χ0n) is 16.1. The van der Waals surface area contributed by atoms with Crippen LogP contribution >= 0.6 is 62.7 Å². The van der Waals surface area contributed by atoms with Gasteiger partial charge >= 0.3 is 0 Å². The van der Waals surface area contributed by atoms with Crippen molar-refractivity contribution in [2.24, 2.45) is 5.10 Å². The van der Waals surface area contributed by atoms with Crippen LogP contribution in [0, 0.1) is 6.92 Å². The molecule has 0 aromatic heterocycles. The predicted molar refractivity (Wildman–Crippen MR) is 130 cm³/mol. The van der Waals surface area contributed by atoms with Crippen molar-refractivity contribution in [3.63, 3.8) is 0 Å². The van der Waals surface area contributed by atoms with Crippen molar-refractivity contribution in [1.82, 2.24) is 4.83 Å². The Hall–Kier alpha value is -0.120. The van der Waals surface area contributed by atoms with Crippen LogP contribution in [0.1, 0.15) is 32.3 Å². The molecule has 0 unspecified atom stereocenters. The van der Waals surface area contributed by atoms with E-state index in [0.717, 1.165) is 16.5 Å². The molecule has 0 aliphatic heterocycles. The number of aryl methyl sites for hydroxylation is 1. The maximum absolute atomic E-state index is 12.3. The Labute approximate surface area is 194 Å². The number of hydrogen-bond donors (Lipinski definition) is 1. The molecule has 0 spiro atoms. The molecule has 4 nitrogen and oxygen atoms in total. The SMILES string of the molecule is CS/C(=N\NS(=O)(=O)c1ccc(C)cc1)SC/C(Cl)=C(\Cl)CCC(Br)=C(C)C. The van der Waals surface area contributed by atoms with Crippen LogP contribution in [0.3, 0.4) is 0 Å². The number of hydrogen-bond acceptors (Lipinski definition) is 5. The van der Waals surface area contributed by atoms with Gasteiger partial charge in [0.2, 0.25) is 0 Å². The van der Waals surface area contributed by atoms with Crippen molar-refractivity contribution < 1.29 is 8.42 Å². The highest BCUT2D eigenvalue weighted by Gasteiger charge is 2.13. The predicted octanol–water partition coefficient (Wildman–Crippen LogP) is 6.80. The van der Waals surface area contributed by atoms with Crippen LogP contribution in [0.4, 0.5) is 0 Å². The molecule has 1 aromatic rings. The number of thioether (sulfide) groups is 2. The average Bonchev–Trinajstić information content (AvgIpc) is 2.65. The normalized spacial score (nSPS) is 13.2. The molecule has 0 aliphatic rings. The molecule has 1 N–H and O–H groups in total. The van der Waals surface area contributed by atoms with Gasteiger partial charge in [0.05, 0.1) is 4.90 Å². The largest absolute Gasteiger partial charge is 0.276 e. The molecule has 0 saturated heterocycles. The maximum atomic E-state index is 12.3. The van der Waals surface area contributed by atoms with E-state index < -0.39 is 10.0 Å². The van der Waals surface area contributed by atoms with Gasteiger partial charge < -0.3 is 0 Å². The molecule has 0 aliphatic carbocycles. The minimum atomic E-state index is -3.71. The first kappa shape index (κ1) is 25.9. The third kappa shape index (κ3) is 9.13. The lowest BCUT2D eigenvalue weighted by Crippen LogP contribution is -2.19. The molecule has 28 heavy (non-hydrogen) atoms. The number of sulfonamides is 1. The summed E-state index contributed by atoms with van der Waals surface area (Å²) in [5, 5.41) is 5.13. The highest BCUT2D eigenvalue weighted by Crippen LogP contribution is 2.28. The number of benzene rings is 1. The molecule has 0 atom stereocenters. The second kappa shape index (κ2) is 12.5. The van der Waals surface area contributed by atoms with Crippen LogP contribution in [-0.2, 0) is 10.0 Å². The fourth-order valence-corrected chi connectivity index (χ4v) is 4.76. The first-order valence-electron chi connectivity index (χ1n) is 8.24. The van der Waals surface area contributed by atoms with E-state index in [2.05, 4.69) is 25.9 Å². The second-order valence-corrected chi connectivity index (χ2v) is 11.5. The molecule has 0 fully saturated rings. The van der Waals surface area contributed by atoms with Gasteiger partial charge in [0.25, 0.3) is 10.0 Å². The summed E-state index contributed by atoms with van der Waals surface area (Å²) in [6.07, 6.45) is 3.23. The van der Waals surface area contributed by atoms with E-state index in [4.69, 9.17) is 23.2 Å². The summed E-state index contributed by atoms with van der Waals surface area (Å²) in [5.74, 6) is 0.415. The summed E-state index contributed by atoms with van der Waals surface area (Å²) in [4.78, 5) is 2.43. The third-order valence-electron chi connectivity index (χ3n) is 3.49. The van der Waals surface area contributed by atoms with Gasteiger partial charge in [0.1, 0.15) is 0 Å². The van der Waals surface area contributed by atoms with Crippen LogP contribution in [0.15, 0.2) is 54.4 Å². The Kier molecular flexibility index (Phi) is 11.6. The summed E-state index contributed by atoms with van der Waals surface area (Å²) in [6, 6.07) is 6.57. The van der Waals surface area contributed by atoms with E-state index in [-0.39, 0.29) is 4.90 Å². The molecule has 0 bridgehead atoms. The summed E-state index contributed by atoms with van der Waals surface area (Å²) in [5.41, 5.74) is 2.19. The first-order chi connectivity index (χ1) is 13.1. The lowest BCUT2D eigenvalue weighted by atomic mass is 10.2. The van der Waals surface area contributed by atoms with Crippen molar-refractivity contribution >= 4 is 77.1 Å². The van der Waals surface area contributed by atoms with Crippen molar-refractivity contribution in [3.05, 3.63) is 49.9 Å². The summed E-state index contributed by atoms with van der Waals surface area (Å²) in [6.45, 7) is 5.95. The fraction of sp³-hybridized carbons (Fsp3) is 0.389. The van der Waals surface area contributed by atoms with Crippen LogP contribution in [0.5, 0.6) is 0 Å². The number of nitrogens with zero attached hydrogens (tertiary/aromatic N) is 1. The van der Waals surface area contributed by atoms with Crippen LogP contribution in [-0.4, -0.2) is 24.8 Å². The Bertz CT molecular complexity index is 863. The van der Waals surface area contributed by atoms with Crippen LogP contribution in [0.2, 0.25) is 0 Å². The number of hydrazone groups is 1. The molecule has 0 amide bonds. The van der Waals surface area contributed by atoms with Gasteiger partial charge in [-0.1, -0.05) is 74.2 Å². The molecule has 0 radical (unpaired) electrons. The lowest BCUT2D eigenvalue weighted by Gasteiger charge is -2.08. The molecule has 0 saturated carbocycles. The Morgan fingerprint density at radius 1 is 1.14 bits per heavy atom. The molecule has 1 aromatic carbocycles. The van der Waals surface area contributed by atoms with E-state index in [1.165, 1.54) is 29.1 Å². The number of rotatable bonds is 8. The Morgan fingerprint density at radius 3 is 2.29 bits per heavy atom. The topological polar surface area (TPSA) is 58.5 Å². The molecular formula is C18H23BrCl2N2O2S3. The first-order valence-corrected chi connectivity index (χ1v) is 13.5. The van der Waals surface area contributed by atoms with Crippen molar-refractivity contribution in [1.29, 1.82) is 0 Å². The van der Waals surface area contributed by atoms with E-state index in [1.54, 1.807) is 24.3 Å². The van der Waals surface area contributed by atoms with Gasteiger partial charge in [-0.15, -0.1) is 11.8 Å². The van der Waals surface area contributed by atoms with Crippen molar-refractivity contribution in [2.75, 3.05) is 12.0 Å². The van der Waals surface area contributed by atoms with Gasteiger partial charge in [-0.3, -0.25) is 0 Å². The third-order valence-corrected chi connectivity index (χ3v) is 9.00. The molecule has 156 valence electrons. The van der Waals surface area contributed by atoms with Gasteiger partial charge in [0, 0.05) is 15.8 Å². The quantitative estimate of drug-likeness (QED) is 0.222. The van der Waals surface area contributed by atoms with Crippen molar-refractivity contribution in [2.45, 2.75) is 38.5 Å². The molecular weight excluding hydrogens is 523 g/mol.